The lowest BCUT2D eigenvalue weighted by Gasteiger charge is -2.49. The van der Waals surface area contributed by atoms with Crippen LogP contribution in [0.4, 0.5) is 5.69 Å². The fourth-order valence-corrected chi connectivity index (χ4v) is 6.56. The number of phenols is 1. The highest BCUT2D eigenvalue weighted by Gasteiger charge is 2.52. The molecule has 190 valence electrons. The summed E-state index contributed by atoms with van der Waals surface area (Å²) < 4.78 is 6.08. The van der Waals surface area contributed by atoms with E-state index in [0.29, 0.717) is 17.4 Å². The van der Waals surface area contributed by atoms with Crippen molar-refractivity contribution < 1.29 is 19.1 Å². The Kier molecular flexibility index (Phi) is 5.30. The van der Waals surface area contributed by atoms with Crippen LogP contribution in [0.1, 0.15) is 54.2 Å². The second kappa shape index (κ2) is 8.27. The normalized spacial score (nSPS) is 20.7. The largest absolute Gasteiger partial charge is 0.508 e. The van der Waals surface area contributed by atoms with Gasteiger partial charge in [0.2, 0.25) is 0 Å². The molecule has 1 aromatic heterocycles. The maximum Gasteiger partial charge on any atom is 0.347 e. The van der Waals surface area contributed by atoms with Gasteiger partial charge in [-0.2, -0.15) is 0 Å². The Balaban J connectivity index is 1.54. The molecule has 0 fully saturated rings. The zero-order valence-electron chi connectivity index (χ0n) is 21.0. The topological polar surface area (TPSA) is 87.8 Å². The smallest absolute Gasteiger partial charge is 0.347 e. The first-order valence-corrected chi connectivity index (χ1v) is 13.1. The van der Waals surface area contributed by atoms with Gasteiger partial charge in [-0.05, 0) is 67.8 Å². The van der Waals surface area contributed by atoms with Gasteiger partial charge >= 0.3 is 5.63 Å². The van der Waals surface area contributed by atoms with Crippen LogP contribution in [0.3, 0.4) is 0 Å². The number of phenolic OH excluding ortho intramolecular Hbond substituents is 1. The van der Waals surface area contributed by atoms with Gasteiger partial charge in [0.15, 0.2) is 5.78 Å². The second-order valence-corrected chi connectivity index (χ2v) is 11.7. The molecule has 0 bridgehead atoms. The molecule has 0 saturated carbocycles. The molecular formula is C31H24BrNO5. The third-order valence-electron chi connectivity index (χ3n) is 7.68. The SMILES string of the molecule is CC1(c2ccccc2)CC(C)(C)N2C(=O)C(=CC(=O)c3cc4ccc(O)cc4oc3=O)c3cc(Br)cc1c32. The number of amides is 1. The molecule has 6 rings (SSSR count). The molecule has 2 aliphatic heterocycles. The third kappa shape index (κ3) is 3.56. The molecule has 0 aliphatic carbocycles. The summed E-state index contributed by atoms with van der Waals surface area (Å²) in [6.07, 6.45) is 1.93. The van der Waals surface area contributed by atoms with Crippen molar-refractivity contribution in [1.29, 1.82) is 0 Å². The van der Waals surface area contributed by atoms with Crippen LogP contribution in [0.5, 0.6) is 5.75 Å². The van der Waals surface area contributed by atoms with Crippen molar-refractivity contribution in [2.45, 2.75) is 38.1 Å². The number of nitrogens with zero attached hydrogens (tertiary/aromatic N) is 1. The number of carbonyl (C=O) groups is 2. The quantitative estimate of drug-likeness (QED) is 0.176. The van der Waals surface area contributed by atoms with Crippen molar-refractivity contribution in [2.24, 2.45) is 0 Å². The van der Waals surface area contributed by atoms with Crippen LogP contribution < -0.4 is 10.5 Å². The first-order chi connectivity index (χ1) is 18.0. The van der Waals surface area contributed by atoms with Crippen LogP contribution in [0.25, 0.3) is 16.5 Å². The maximum absolute atomic E-state index is 13.9. The zero-order valence-corrected chi connectivity index (χ0v) is 22.6. The van der Waals surface area contributed by atoms with Gasteiger partial charge in [0.1, 0.15) is 16.9 Å². The fourth-order valence-electron chi connectivity index (χ4n) is 6.10. The summed E-state index contributed by atoms with van der Waals surface area (Å²) in [5.74, 6) is -0.940. The van der Waals surface area contributed by atoms with Gasteiger partial charge in [-0.1, -0.05) is 53.2 Å². The number of benzene rings is 3. The Bertz CT molecular complexity index is 1770. The molecule has 2 aliphatic rings. The van der Waals surface area contributed by atoms with E-state index in [9.17, 15) is 19.5 Å². The Labute approximate surface area is 227 Å². The van der Waals surface area contributed by atoms with Crippen molar-refractivity contribution in [3.8, 4) is 5.75 Å². The van der Waals surface area contributed by atoms with E-state index >= 15 is 0 Å². The molecule has 1 N–H and O–H groups in total. The Morgan fingerprint density at radius 3 is 2.50 bits per heavy atom. The predicted octanol–water partition coefficient (Wildman–Crippen LogP) is 6.36. The van der Waals surface area contributed by atoms with Crippen molar-refractivity contribution >= 4 is 49.9 Å². The second-order valence-electron chi connectivity index (χ2n) is 10.8. The highest BCUT2D eigenvalue weighted by atomic mass is 79.9. The summed E-state index contributed by atoms with van der Waals surface area (Å²) in [7, 11) is 0. The number of hydrogen-bond donors (Lipinski definition) is 1. The fraction of sp³-hybridized carbons (Fsp3) is 0.194. The molecule has 38 heavy (non-hydrogen) atoms. The summed E-state index contributed by atoms with van der Waals surface area (Å²) in [6, 6.07) is 19.9. The zero-order chi connectivity index (χ0) is 27.0. The minimum absolute atomic E-state index is 0.0490. The Hall–Kier alpha value is -3.97. The summed E-state index contributed by atoms with van der Waals surface area (Å²) >= 11 is 3.63. The van der Waals surface area contributed by atoms with E-state index in [4.69, 9.17) is 4.42 Å². The van der Waals surface area contributed by atoms with Crippen LogP contribution in [0, 0.1) is 0 Å². The van der Waals surface area contributed by atoms with Crippen molar-refractivity contribution in [3.05, 3.63) is 110 Å². The molecule has 7 heteroatoms. The molecule has 1 amide bonds. The molecule has 6 nitrogen and oxygen atoms in total. The van der Waals surface area contributed by atoms with Crippen LogP contribution in [0.2, 0.25) is 0 Å². The minimum Gasteiger partial charge on any atom is -0.508 e. The molecular weight excluding hydrogens is 546 g/mol. The van der Waals surface area contributed by atoms with E-state index in [0.717, 1.165) is 21.3 Å². The van der Waals surface area contributed by atoms with Gasteiger partial charge in [-0.25, -0.2) is 4.79 Å². The van der Waals surface area contributed by atoms with E-state index in [1.54, 1.807) is 11.0 Å². The highest BCUT2D eigenvalue weighted by Crippen LogP contribution is 2.56. The van der Waals surface area contributed by atoms with Crippen LogP contribution >= 0.6 is 15.9 Å². The number of aromatic hydroxyl groups is 1. The highest BCUT2D eigenvalue weighted by molar-refractivity contribution is 9.10. The monoisotopic (exact) mass is 569 g/mol. The molecule has 0 radical (unpaired) electrons. The standard InChI is InChI=1S/C31H24BrNO5/c1-30(2)16-31(3,18-7-5-4-6-8-18)24-13-19(32)12-21-22(28(36)33(30)27(21)24)15-25(35)23-11-17-9-10-20(34)14-26(17)38-29(23)37/h4-15,34H,16H2,1-3H3. The van der Waals surface area contributed by atoms with E-state index in [-0.39, 0.29) is 33.8 Å². The molecule has 0 saturated heterocycles. The number of fused-ring (bicyclic) bond motifs is 1. The minimum atomic E-state index is -0.830. The van der Waals surface area contributed by atoms with Gasteiger partial charge in [-0.15, -0.1) is 0 Å². The number of hydrogen-bond acceptors (Lipinski definition) is 5. The summed E-state index contributed by atoms with van der Waals surface area (Å²) in [5, 5.41) is 10.2. The lowest BCUT2D eigenvalue weighted by Crippen LogP contribution is -2.54. The average molecular weight is 570 g/mol. The predicted molar refractivity (Wildman–Crippen MR) is 150 cm³/mol. The van der Waals surface area contributed by atoms with Crippen molar-refractivity contribution in [2.75, 3.05) is 4.90 Å². The molecule has 3 heterocycles. The third-order valence-corrected chi connectivity index (χ3v) is 8.14. The molecule has 1 unspecified atom stereocenters. The van der Waals surface area contributed by atoms with Crippen LogP contribution in [0.15, 0.2) is 86.5 Å². The van der Waals surface area contributed by atoms with E-state index < -0.39 is 16.9 Å². The van der Waals surface area contributed by atoms with Gasteiger partial charge in [0.05, 0.1) is 11.3 Å². The lowest BCUT2D eigenvalue weighted by molar-refractivity contribution is -0.114. The van der Waals surface area contributed by atoms with E-state index in [1.165, 1.54) is 24.3 Å². The summed E-state index contributed by atoms with van der Waals surface area (Å²) in [4.78, 5) is 41.8. The molecule has 0 spiro atoms. The Morgan fingerprint density at radius 2 is 1.76 bits per heavy atom. The number of halogens is 1. The molecule has 4 aromatic rings. The van der Waals surface area contributed by atoms with Crippen LogP contribution in [-0.4, -0.2) is 22.3 Å². The lowest BCUT2D eigenvalue weighted by atomic mass is 9.65. The van der Waals surface area contributed by atoms with Crippen LogP contribution in [-0.2, 0) is 10.2 Å². The maximum atomic E-state index is 13.9. The number of ketones is 1. The number of anilines is 1. The van der Waals surface area contributed by atoms with Crippen molar-refractivity contribution in [1.82, 2.24) is 0 Å². The molecule has 1 atom stereocenters. The van der Waals surface area contributed by atoms with Crippen molar-refractivity contribution in [3.63, 3.8) is 0 Å². The molecule has 3 aromatic carbocycles. The van der Waals surface area contributed by atoms with E-state index in [2.05, 4.69) is 41.1 Å². The Morgan fingerprint density at radius 1 is 1.03 bits per heavy atom. The van der Waals surface area contributed by atoms with Gasteiger partial charge < -0.3 is 14.4 Å². The number of rotatable bonds is 3. The average Bonchev–Trinajstić information content (AvgIpc) is 3.14. The van der Waals surface area contributed by atoms with E-state index in [1.807, 2.05) is 38.1 Å². The van der Waals surface area contributed by atoms with Gasteiger partial charge in [0, 0.05) is 32.4 Å². The number of allylic oxidation sites excluding steroid dienone is 1. The first kappa shape index (κ1) is 24.4. The number of carbonyl (C=O) groups excluding carboxylic acids is 2. The van der Waals surface area contributed by atoms with Gasteiger partial charge in [0.25, 0.3) is 5.91 Å². The first-order valence-electron chi connectivity index (χ1n) is 12.3. The summed E-state index contributed by atoms with van der Waals surface area (Å²) in [6.45, 7) is 6.27. The summed E-state index contributed by atoms with van der Waals surface area (Å²) in [5.41, 5.74) is 2.08. The van der Waals surface area contributed by atoms with Gasteiger partial charge in [-0.3, -0.25) is 9.59 Å².